The number of rotatable bonds is 10. The lowest BCUT2D eigenvalue weighted by atomic mass is 9.95. The second kappa shape index (κ2) is 11.3. The van der Waals surface area contributed by atoms with Crippen molar-refractivity contribution in [2.45, 2.75) is 58.9 Å². The maximum Gasteiger partial charge on any atom is 0.295 e. The fourth-order valence-electron chi connectivity index (χ4n) is 4.42. The molecule has 0 bridgehead atoms. The predicted octanol–water partition coefficient (Wildman–Crippen LogP) is 4.97. The van der Waals surface area contributed by atoms with Gasteiger partial charge in [-0.3, -0.25) is 9.59 Å². The lowest BCUT2D eigenvalue weighted by molar-refractivity contribution is -0.139. The van der Waals surface area contributed by atoms with Gasteiger partial charge in [-0.1, -0.05) is 12.1 Å². The molecule has 1 amide bonds. The zero-order chi connectivity index (χ0) is 26.5. The summed E-state index contributed by atoms with van der Waals surface area (Å²) in [6, 6.07) is 13.5. The molecule has 1 aliphatic rings. The van der Waals surface area contributed by atoms with Gasteiger partial charge >= 0.3 is 0 Å². The molecule has 0 saturated carbocycles. The number of hydrogen-bond donors (Lipinski definition) is 1. The quantitative estimate of drug-likeness (QED) is 0.239. The first-order chi connectivity index (χ1) is 17.7. The molecule has 1 aromatic heterocycles. The highest BCUT2D eigenvalue weighted by molar-refractivity contribution is 6.46. The van der Waals surface area contributed by atoms with Crippen molar-refractivity contribution in [1.82, 2.24) is 14.5 Å². The van der Waals surface area contributed by atoms with Crippen molar-refractivity contribution in [2.75, 3.05) is 6.54 Å². The number of ketones is 1. The largest absolute Gasteiger partial charge is 0.507 e. The number of aryl methyl sites for hydroxylation is 1. The minimum Gasteiger partial charge on any atom is -0.507 e. The van der Waals surface area contributed by atoms with Crippen LogP contribution in [0.3, 0.4) is 0 Å². The molecule has 194 valence electrons. The van der Waals surface area contributed by atoms with E-state index in [0.29, 0.717) is 36.6 Å². The van der Waals surface area contributed by atoms with Gasteiger partial charge in [-0.25, -0.2) is 4.98 Å². The molecular formula is C29H33N3O5. The van der Waals surface area contributed by atoms with Crippen molar-refractivity contribution in [3.05, 3.63) is 84.0 Å². The number of imidazole rings is 1. The van der Waals surface area contributed by atoms with Crippen LogP contribution in [0.2, 0.25) is 0 Å². The van der Waals surface area contributed by atoms with Gasteiger partial charge in [0.1, 0.15) is 17.3 Å². The highest BCUT2D eigenvalue weighted by atomic mass is 16.5. The normalized spacial score (nSPS) is 17.1. The lowest BCUT2D eigenvalue weighted by Gasteiger charge is -2.25. The van der Waals surface area contributed by atoms with Crippen molar-refractivity contribution in [3.63, 3.8) is 0 Å². The van der Waals surface area contributed by atoms with E-state index in [4.69, 9.17) is 9.47 Å². The number of nitrogens with zero attached hydrogens (tertiary/aromatic N) is 3. The summed E-state index contributed by atoms with van der Waals surface area (Å²) in [6.45, 7) is 8.74. The van der Waals surface area contributed by atoms with Gasteiger partial charge in [0.05, 0.1) is 30.2 Å². The Morgan fingerprint density at radius 1 is 0.919 bits per heavy atom. The minimum atomic E-state index is -0.720. The van der Waals surface area contributed by atoms with E-state index in [2.05, 4.69) is 4.98 Å². The van der Waals surface area contributed by atoms with Crippen LogP contribution in [0.25, 0.3) is 5.76 Å². The molecule has 1 N–H and O–H groups in total. The number of carbonyl (C=O) groups excluding carboxylic acids is 2. The SMILES string of the molecule is CC(C)Oc1ccc(/C(O)=C2\C(=O)C(=O)N(CCCn3ccnc3)[C@@H]2c2ccc(OC(C)C)cc2)cc1. The Kier molecular flexibility index (Phi) is 7.96. The summed E-state index contributed by atoms with van der Waals surface area (Å²) < 4.78 is 13.4. The van der Waals surface area contributed by atoms with Crippen LogP contribution in [0.5, 0.6) is 11.5 Å². The molecule has 2 aromatic carbocycles. The molecule has 2 heterocycles. The van der Waals surface area contributed by atoms with Gasteiger partial charge in [0.15, 0.2) is 0 Å². The van der Waals surface area contributed by atoms with Gasteiger partial charge in [-0.15, -0.1) is 0 Å². The first-order valence-electron chi connectivity index (χ1n) is 12.5. The van der Waals surface area contributed by atoms with Gasteiger partial charge in [0.25, 0.3) is 11.7 Å². The summed E-state index contributed by atoms with van der Waals surface area (Å²) in [5.41, 5.74) is 1.24. The third kappa shape index (κ3) is 6.02. The average Bonchev–Trinajstić information content (AvgIpc) is 3.46. The zero-order valence-corrected chi connectivity index (χ0v) is 21.6. The van der Waals surface area contributed by atoms with Gasteiger partial charge < -0.3 is 24.0 Å². The van der Waals surface area contributed by atoms with Crippen LogP contribution in [-0.2, 0) is 16.1 Å². The molecular weight excluding hydrogens is 470 g/mol. The third-order valence-corrected chi connectivity index (χ3v) is 5.98. The summed E-state index contributed by atoms with van der Waals surface area (Å²) in [7, 11) is 0. The van der Waals surface area contributed by atoms with Crippen LogP contribution in [0, 0.1) is 0 Å². The van der Waals surface area contributed by atoms with E-state index in [0.717, 1.165) is 5.56 Å². The van der Waals surface area contributed by atoms with E-state index < -0.39 is 17.7 Å². The second-order valence-electron chi connectivity index (χ2n) is 9.57. The minimum absolute atomic E-state index is 0.00902. The Hall–Kier alpha value is -4.07. The number of hydrogen-bond acceptors (Lipinski definition) is 6. The number of benzene rings is 2. The Bertz CT molecular complexity index is 1250. The summed E-state index contributed by atoms with van der Waals surface area (Å²) >= 11 is 0. The molecule has 0 aliphatic carbocycles. The van der Waals surface area contributed by atoms with E-state index in [1.165, 1.54) is 0 Å². The Morgan fingerprint density at radius 3 is 2.05 bits per heavy atom. The van der Waals surface area contributed by atoms with E-state index in [-0.39, 0.29) is 23.5 Å². The number of likely N-dealkylation sites (tertiary alicyclic amines) is 1. The number of aromatic nitrogens is 2. The highest BCUT2D eigenvalue weighted by Gasteiger charge is 2.45. The summed E-state index contributed by atoms with van der Waals surface area (Å²) in [6.07, 6.45) is 5.91. The standard InChI is InChI=1S/C29H33N3O5/c1-19(2)36-23-10-6-21(7-11-23)26-25(27(33)22-8-12-24(13-9-22)37-20(3)4)28(34)29(35)32(26)16-5-15-31-17-14-30-18-31/h6-14,17-20,26,33H,5,15-16H2,1-4H3/b27-25+/t26-/m1/s1. The molecule has 0 spiro atoms. The molecule has 0 radical (unpaired) electrons. The van der Waals surface area contributed by atoms with Crippen molar-refractivity contribution in [1.29, 1.82) is 0 Å². The number of ether oxygens (including phenoxy) is 2. The Balaban J connectivity index is 1.69. The van der Waals surface area contributed by atoms with Crippen LogP contribution >= 0.6 is 0 Å². The fraction of sp³-hybridized carbons (Fsp3) is 0.345. The van der Waals surface area contributed by atoms with Crippen molar-refractivity contribution in [2.24, 2.45) is 0 Å². The number of aliphatic hydroxyl groups is 1. The smallest absolute Gasteiger partial charge is 0.295 e. The molecule has 37 heavy (non-hydrogen) atoms. The topological polar surface area (TPSA) is 93.9 Å². The Morgan fingerprint density at radius 2 is 1.51 bits per heavy atom. The number of carbonyl (C=O) groups is 2. The fourth-order valence-corrected chi connectivity index (χ4v) is 4.42. The van der Waals surface area contributed by atoms with Crippen LogP contribution < -0.4 is 9.47 Å². The molecule has 8 heteroatoms. The van der Waals surface area contributed by atoms with Crippen molar-refractivity contribution >= 4 is 17.4 Å². The number of Topliss-reactive ketones (excluding diaryl/α,β-unsaturated/α-hetero) is 1. The van der Waals surface area contributed by atoms with Gasteiger partial charge in [-0.05, 0) is 76.1 Å². The summed E-state index contributed by atoms with van der Waals surface area (Å²) in [4.78, 5) is 32.0. The maximum atomic E-state index is 13.3. The van der Waals surface area contributed by atoms with Crippen LogP contribution in [0.15, 0.2) is 72.8 Å². The molecule has 4 rings (SSSR count). The van der Waals surface area contributed by atoms with Crippen LogP contribution in [-0.4, -0.2) is 50.0 Å². The third-order valence-electron chi connectivity index (χ3n) is 5.98. The van der Waals surface area contributed by atoms with Crippen LogP contribution in [0.1, 0.15) is 51.3 Å². The van der Waals surface area contributed by atoms with E-state index >= 15 is 0 Å². The first kappa shape index (κ1) is 26.0. The first-order valence-corrected chi connectivity index (χ1v) is 12.5. The van der Waals surface area contributed by atoms with E-state index in [1.807, 2.05) is 62.7 Å². The van der Waals surface area contributed by atoms with Crippen molar-refractivity contribution in [3.8, 4) is 11.5 Å². The highest BCUT2D eigenvalue weighted by Crippen LogP contribution is 2.40. The van der Waals surface area contributed by atoms with Gasteiger partial charge in [-0.2, -0.15) is 0 Å². The molecule has 1 atom stereocenters. The molecule has 1 saturated heterocycles. The lowest BCUT2D eigenvalue weighted by Crippen LogP contribution is -2.31. The predicted molar refractivity (Wildman–Crippen MR) is 140 cm³/mol. The average molecular weight is 504 g/mol. The number of aliphatic hydroxyl groups excluding tert-OH is 1. The summed E-state index contributed by atoms with van der Waals surface area (Å²) in [5.74, 6) is -0.186. The van der Waals surface area contributed by atoms with E-state index in [1.54, 1.807) is 41.7 Å². The van der Waals surface area contributed by atoms with Gasteiger partial charge in [0, 0.05) is 31.0 Å². The summed E-state index contributed by atoms with van der Waals surface area (Å²) in [5, 5.41) is 11.3. The zero-order valence-electron chi connectivity index (χ0n) is 21.6. The van der Waals surface area contributed by atoms with Crippen molar-refractivity contribution < 1.29 is 24.2 Å². The Labute approximate surface area is 217 Å². The van der Waals surface area contributed by atoms with E-state index in [9.17, 15) is 14.7 Å². The molecule has 1 fully saturated rings. The van der Waals surface area contributed by atoms with Gasteiger partial charge in [0.2, 0.25) is 0 Å². The van der Waals surface area contributed by atoms with Crippen LogP contribution in [0.4, 0.5) is 0 Å². The second-order valence-corrected chi connectivity index (χ2v) is 9.57. The number of amides is 1. The maximum absolute atomic E-state index is 13.3. The molecule has 3 aromatic rings. The molecule has 1 aliphatic heterocycles. The molecule has 8 nitrogen and oxygen atoms in total. The molecule has 0 unspecified atom stereocenters. The monoisotopic (exact) mass is 503 g/mol.